The Balaban J connectivity index is 2.10. The second-order valence-electron chi connectivity index (χ2n) is 7.60. The lowest BCUT2D eigenvalue weighted by atomic mass is 9.62. The summed E-state index contributed by atoms with van der Waals surface area (Å²) in [6, 6.07) is 10.9. The molecule has 4 atom stereocenters. The molecule has 0 unspecified atom stereocenters. The van der Waals surface area contributed by atoms with Crippen LogP contribution < -0.4 is 0 Å². The molecule has 2 aromatic carbocycles. The highest BCUT2D eigenvalue weighted by molar-refractivity contribution is 5.99. The van der Waals surface area contributed by atoms with Crippen LogP contribution in [0.3, 0.4) is 0 Å². The molecule has 0 aliphatic heterocycles. The van der Waals surface area contributed by atoms with Gasteiger partial charge in [-0.05, 0) is 31.0 Å². The molecule has 0 amide bonds. The molecule has 0 aromatic heterocycles. The first-order chi connectivity index (χ1) is 13.5. The molecule has 5 nitrogen and oxygen atoms in total. The Bertz CT molecular complexity index is 894. The molecule has 0 spiro atoms. The van der Waals surface area contributed by atoms with E-state index >= 15 is 0 Å². The van der Waals surface area contributed by atoms with E-state index in [9.17, 15) is 33.2 Å². The van der Waals surface area contributed by atoms with Crippen molar-refractivity contribution in [3.8, 4) is 0 Å². The molecule has 1 N–H and O–H groups in total. The molecule has 0 heterocycles. The van der Waals surface area contributed by atoms with Crippen LogP contribution in [0.2, 0.25) is 0 Å². The van der Waals surface area contributed by atoms with Gasteiger partial charge in [-0.25, -0.2) is 0 Å². The summed E-state index contributed by atoms with van der Waals surface area (Å²) >= 11 is 0. The molecule has 1 aliphatic rings. The van der Waals surface area contributed by atoms with E-state index in [1.54, 1.807) is 30.3 Å². The highest BCUT2D eigenvalue weighted by Gasteiger charge is 2.54. The zero-order valence-electron chi connectivity index (χ0n) is 15.6. The Morgan fingerprint density at radius 2 is 1.72 bits per heavy atom. The summed E-state index contributed by atoms with van der Waals surface area (Å²) in [7, 11) is 0. The van der Waals surface area contributed by atoms with Gasteiger partial charge in [-0.15, -0.1) is 0 Å². The maximum absolute atomic E-state index is 13.2. The molecule has 154 valence electrons. The van der Waals surface area contributed by atoms with Gasteiger partial charge in [0, 0.05) is 16.9 Å². The monoisotopic (exact) mass is 407 g/mol. The lowest BCUT2D eigenvalue weighted by molar-refractivity contribution is -0.533. The quantitative estimate of drug-likeness (QED) is 0.460. The van der Waals surface area contributed by atoms with Gasteiger partial charge in [-0.3, -0.25) is 14.9 Å². The van der Waals surface area contributed by atoms with Gasteiger partial charge in [-0.1, -0.05) is 42.5 Å². The van der Waals surface area contributed by atoms with Crippen LogP contribution in [-0.2, 0) is 6.18 Å². The molecule has 29 heavy (non-hydrogen) atoms. The third kappa shape index (κ3) is 4.17. The van der Waals surface area contributed by atoms with Gasteiger partial charge >= 0.3 is 6.18 Å². The van der Waals surface area contributed by atoms with E-state index < -0.39 is 45.9 Å². The number of hydrogen-bond donors (Lipinski definition) is 1. The van der Waals surface area contributed by atoms with Crippen molar-refractivity contribution in [1.29, 1.82) is 0 Å². The van der Waals surface area contributed by atoms with E-state index in [0.717, 1.165) is 24.3 Å². The van der Waals surface area contributed by atoms with Gasteiger partial charge in [-0.2, -0.15) is 13.2 Å². The zero-order chi connectivity index (χ0) is 21.4. The number of nitro groups is 1. The fourth-order valence-electron chi connectivity index (χ4n) is 4.16. The minimum absolute atomic E-state index is 0.0181. The molecule has 0 radical (unpaired) electrons. The fourth-order valence-corrected chi connectivity index (χ4v) is 4.16. The van der Waals surface area contributed by atoms with Gasteiger partial charge in [0.25, 0.3) is 0 Å². The molecule has 3 rings (SSSR count). The predicted molar refractivity (Wildman–Crippen MR) is 99.1 cm³/mol. The summed E-state index contributed by atoms with van der Waals surface area (Å²) in [5.74, 6) is -2.68. The lowest BCUT2D eigenvalue weighted by Crippen LogP contribution is -2.52. The summed E-state index contributed by atoms with van der Waals surface area (Å²) in [6.45, 7) is 1.45. The largest absolute Gasteiger partial charge is 0.416 e. The highest BCUT2D eigenvalue weighted by Crippen LogP contribution is 2.46. The van der Waals surface area contributed by atoms with E-state index in [0.29, 0.717) is 5.56 Å². The van der Waals surface area contributed by atoms with Crippen LogP contribution in [-0.4, -0.2) is 27.5 Å². The maximum Gasteiger partial charge on any atom is 0.416 e. The SMILES string of the molecule is C[C@@]1(O)CC[C@H]([N+](=O)[O-])[C@@H](c2ccc(C(F)(F)F)cc2)[C@@H]1C(=O)c1ccccc1. The van der Waals surface area contributed by atoms with E-state index in [-0.39, 0.29) is 18.4 Å². The number of hydrogen-bond acceptors (Lipinski definition) is 4. The topological polar surface area (TPSA) is 80.4 Å². The molecule has 1 fully saturated rings. The number of Topliss-reactive ketones (excluding diaryl/α,β-unsaturated/α-hetero) is 1. The van der Waals surface area contributed by atoms with Gasteiger partial charge in [0.1, 0.15) is 0 Å². The number of benzene rings is 2. The fraction of sp³-hybridized carbons (Fsp3) is 0.381. The third-order valence-electron chi connectivity index (χ3n) is 5.62. The van der Waals surface area contributed by atoms with Gasteiger partial charge in [0.05, 0.1) is 23.0 Å². The minimum Gasteiger partial charge on any atom is -0.389 e. The Hall–Kier alpha value is -2.74. The first-order valence-corrected chi connectivity index (χ1v) is 9.14. The van der Waals surface area contributed by atoms with Crippen molar-refractivity contribution in [2.45, 2.75) is 43.5 Å². The average Bonchev–Trinajstić information content (AvgIpc) is 2.66. The Morgan fingerprint density at radius 3 is 2.24 bits per heavy atom. The van der Waals surface area contributed by atoms with Gasteiger partial charge in [0.15, 0.2) is 5.78 Å². The van der Waals surface area contributed by atoms with Crippen molar-refractivity contribution >= 4 is 5.78 Å². The van der Waals surface area contributed by atoms with Crippen molar-refractivity contribution in [3.05, 3.63) is 81.4 Å². The smallest absolute Gasteiger partial charge is 0.389 e. The van der Waals surface area contributed by atoms with Crippen molar-refractivity contribution in [3.63, 3.8) is 0 Å². The van der Waals surface area contributed by atoms with E-state index in [2.05, 4.69) is 0 Å². The predicted octanol–water partition coefficient (Wildman–Crippen LogP) is 4.48. The van der Waals surface area contributed by atoms with E-state index in [4.69, 9.17) is 0 Å². The van der Waals surface area contributed by atoms with Crippen molar-refractivity contribution < 1.29 is 28.0 Å². The number of rotatable bonds is 4. The van der Waals surface area contributed by atoms with Gasteiger partial charge < -0.3 is 5.11 Å². The number of carbonyl (C=O) groups is 1. The number of nitrogens with zero attached hydrogens (tertiary/aromatic N) is 1. The average molecular weight is 407 g/mol. The second-order valence-corrected chi connectivity index (χ2v) is 7.60. The number of alkyl halides is 3. The van der Waals surface area contributed by atoms with Crippen molar-refractivity contribution in [2.24, 2.45) is 5.92 Å². The van der Waals surface area contributed by atoms with Crippen molar-refractivity contribution in [2.75, 3.05) is 0 Å². The van der Waals surface area contributed by atoms with Gasteiger partial charge in [0.2, 0.25) is 6.04 Å². The Morgan fingerprint density at radius 1 is 1.14 bits per heavy atom. The van der Waals surface area contributed by atoms with Crippen LogP contribution in [0.15, 0.2) is 54.6 Å². The molecule has 1 saturated carbocycles. The molecule has 2 aromatic rings. The Labute approximate surface area is 165 Å². The first kappa shape index (κ1) is 21.0. The minimum atomic E-state index is -4.54. The van der Waals surface area contributed by atoms with Crippen LogP contribution in [0.25, 0.3) is 0 Å². The number of carbonyl (C=O) groups excluding carboxylic acids is 1. The number of halogens is 3. The summed E-state index contributed by atoms with van der Waals surface area (Å²) in [5, 5.41) is 22.7. The Kier molecular flexibility index (Phi) is 5.49. The number of aliphatic hydroxyl groups is 1. The van der Waals surface area contributed by atoms with Crippen LogP contribution in [0.5, 0.6) is 0 Å². The summed E-state index contributed by atoms with van der Waals surface area (Å²) < 4.78 is 38.7. The zero-order valence-corrected chi connectivity index (χ0v) is 15.6. The first-order valence-electron chi connectivity index (χ1n) is 9.14. The molecule has 0 saturated heterocycles. The normalized spacial score (nSPS) is 27.4. The molecular formula is C21H20F3NO4. The van der Waals surface area contributed by atoms with Crippen LogP contribution in [0, 0.1) is 16.0 Å². The van der Waals surface area contributed by atoms with Crippen LogP contribution in [0.1, 0.15) is 47.2 Å². The molecule has 8 heteroatoms. The second kappa shape index (κ2) is 7.59. The van der Waals surface area contributed by atoms with Crippen molar-refractivity contribution in [1.82, 2.24) is 0 Å². The van der Waals surface area contributed by atoms with Crippen LogP contribution in [0.4, 0.5) is 13.2 Å². The lowest BCUT2D eigenvalue weighted by Gasteiger charge is -2.43. The van der Waals surface area contributed by atoms with E-state index in [1.165, 1.54) is 6.92 Å². The maximum atomic E-state index is 13.2. The molecular weight excluding hydrogens is 387 g/mol. The van der Waals surface area contributed by atoms with Crippen LogP contribution >= 0.6 is 0 Å². The summed E-state index contributed by atoms with van der Waals surface area (Å²) in [4.78, 5) is 24.4. The highest BCUT2D eigenvalue weighted by atomic mass is 19.4. The number of ketones is 1. The third-order valence-corrected chi connectivity index (χ3v) is 5.62. The molecule has 1 aliphatic carbocycles. The molecule has 0 bridgehead atoms. The summed E-state index contributed by atoms with van der Waals surface area (Å²) in [5.41, 5.74) is -1.90. The van der Waals surface area contributed by atoms with E-state index in [1.807, 2.05) is 0 Å². The standard InChI is InChI=1S/C21H20F3NO4/c1-20(27)12-11-16(25(28)29)17(13-7-9-15(10-8-13)21(22,23)24)18(20)19(26)14-5-3-2-4-6-14/h2-10,16-18,27H,11-12H2,1H3/t16-,17+,18+,20+/m0/s1. The summed E-state index contributed by atoms with van der Waals surface area (Å²) in [6.07, 6.45) is -4.48.